The van der Waals surface area contributed by atoms with Crippen molar-refractivity contribution in [3.8, 4) is 5.75 Å². The number of carbonyl (C=O) groups excluding carboxylic acids is 1. The second-order valence-corrected chi connectivity index (χ2v) is 6.73. The Bertz CT molecular complexity index is 570. The van der Waals surface area contributed by atoms with Crippen molar-refractivity contribution < 1.29 is 32.5 Å². The zero-order valence-electron chi connectivity index (χ0n) is 14.7. The lowest BCUT2D eigenvalue weighted by Gasteiger charge is -2.25. The molecule has 0 radical (unpaired) electrons. The number of nitrogens with one attached hydrogen (secondary N) is 1. The van der Waals surface area contributed by atoms with Crippen molar-refractivity contribution in [3.05, 3.63) is 29.8 Å². The number of hydrogen-bond donors (Lipinski definition) is 2. The molecule has 0 aliphatic heterocycles. The molecule has 5 nitrogen and oxygen atoms in total. The van der Waals surface area contributed by atoms with Crippen LogP contribution in [0.1, 0.15) is 38.9 Å². The van der Waals surface area contributed by atoms with Crippen LogP contribution in [0.2, 0.25) is 0 Å². The number of amides is 1. The predicted molar refractivity (Wildman–Crippen MR) is 86.0 cm³/mol. The number of methoxy groups -OCH3 is 1. The summed E-state index contributed by atoms with van der Waals surface area (Å²) in [6.45, 7) is 5.50. The van der Waals surface area contributed by atoms with Crippen LogP contribution in [0.4, 0.5) is 13.2 Å². The third-order valence-corrected chi connectivity index (χ3v) is 3.61. The third-order valence-electron chi connectivity index (χ3n) is 3.61. The van der Waals surface area contributed by atoms with Crippen molar-refractivity contribution in [1.82, 2.24) is 5.32 Å². The molecule has 0 heterocycles. The van der Waals surface area contributed by atoms with E-state index in [1.807, 2.05) is 20.8 Å². The number of benzene rings is 1. The Hall–Kier alpha value is -1.80. The molecule has 1 aromatic rings. The molecule has 0 saturated heterocycles. The summed E-state index contributed by atoms with van der Waals surface area (Å²) in [5.74, 6) is -0.728. The number of alkyl halides is 3. The number of aliphatic hydroxyl groups is 1. The van der Waals surface area contributed by atoms with Crippen LogP contribution in [0.15, 0.2) is 24.3 Å². The highest BCUT2D eigenvalue weighted by Crippen LogP contribution is 2.26. The third kappa shape index (κ3) is 7.74. The summed E-state index contributed by atoms with van der Waals surface area (Å²) in [4.78, 5) is 11.9. The molecule has 0 fully saturated rings. The number of aliphatic hydroxyl groups excluding tert-OH is 1. The largest absolute Gasteiger partial charge is 0.573 e. The second kappa shape index (κ2) is 8.53. The fraction of sp³-hybridized carbons (Fsp3) is 0.588. The summed E-state index contributed by atoms with van der Waals surface area (Å²) < 4.78 is 46.0. The van der Waals surface area contributed by atoms with Gasteiger partial charge >= 0.3 is 6.36 Å². The summed E-state index contributed by atoms with van der Waals surface area (Å²) in [6.07, 6.45) is -6.31. The maximum absolute atomic E-state index is 12.3. The first-order valence-electron chi connectivity index (χ1n) is 7.75. The van der Waals surface area contributed by atoms with Gasteiger partial charge in [-0.2, -0.15) is 0 Å². The van der Waals surface area contributed by atoms with Crippen LogP contribution in [0.3, 0.4) is 0 Å². The molecule has 8 heteroatoms. The number of halogens is 3. The van der Waals surface area contributed by atoms with E-state index in [1.165, 1.54) is 25.3 Å². The molecule has 2 N–H and O–H groups in total. The van der Waals surface area contributed by atoms with Crippen LogP contribution in [0, 0.1) is 5.41 Å². The summed E-state index contributed by atoms with van der Waals surface area (Å²) in [7, 11) is 1.39. The number of rotatable bonds is 7. The van der Waals surface area contributed by atoms with E-state index >= 15 is 0 Å². The van der Waals surface area contributed by atoms with Crippen LogP contribution < -0.4 is 10.1 Å². The SMILES string of the molecule is CO[C@@H](CNC(=O)C[C@H](O)C(C)(C)C)c1cccc(OC(F)(F)F)c1. The minimum Gasteiger partial charge on any atom is -0.406 e. The van der Waals surface area contributed by atoms with Gasteiger partial charge in [0.15, 0.2) is 0 Å². The molecule has 25 heavy (non-hydrogen) atoms. The maximum atomic E-state index is 12.3. The molecule has 142 valence electrons. The van der Waals surface area contributed by atoms with E-state index in [0.29, 0.717) is 5.56 Å². The van der Waals surface area contributed by atoms with Gasteiger partial charge in [-0.3, -0.25) is 4.79 Å². The summed E-state index contributed by atoms with van der Waals surface area (Å²) in [6, 6.07) is 5.38. The molecule has 0 unspecified atom stereocenters. The smallest absolute Gasteiger partial charge is 0.406 e. The molecule has 1 amide bonds. The highest BCUT2D eigenvalue weighted by Gasteiger charge is 2.31. The Morgan fingerprint density at radius 2 is 1.92 bits per heavy atom. The van der Waals surface area contributed by atoms with Crippen LogP contribution in [0.5, 0.6) is 5.75 Å². The van der Waals surface area contributed by atoms with Crippen molar-refractivity contribution in [1.29, 1.82) is 0 Å². The maximum Gasteiger partial charge on any atom is 0.573 e. The topological polar surface area (TPSA) is 67.8 Å². The van der Waals surface area contributed by atoms with E-state index in [0.717, 1.165) is 0 Å². The van der Waals surface area contributed by atoms with Gasteiger partial charge in [-0.05, 0) is 23.1 Å². The predicted octanol–water partition coefficient (Wildman–Crippen LogP) is 3.19. The fourth-order valence-electron chi connectivity index (χ4n) is 2.01. The average Bonchev–Trinajstić information content (AvgIpc) is 2.45. The van der Waals surface area contributed by atoms with Gasteiger partial charge in [-0.15, -0.1) is 13.2 Å². The van der Waals surface area contributed by atoms with E-state index in [4.69, 9.17) is 4.74 Å². The highest BCUT2D eigenvalue weighted by molar-refractivity contribution is 5.76. The van der Waals surface area contributed by atoms with E-state index < -0.39 is 24.0 Å². The van der Waals surface area contributed by atoms with E-state index in [-0.39, 0.29) is 24.6 Å². The van der Waals surface area contributed by atoms with Gasteiger partial charge in [0.2, 0.25) is 5.91 Å². The lowest BCUT2D eigenvalue weighted by molar-refractivity contribution is -0.274. The molecule has 0 saturated carbocycles. The van der Waals surface area contributed by atoms with Crippen molar-refractivity contribution >= 4 is 5.91 Å². The number of hydrogen-bond acceptors (Lipinski definition) is 4. The average molecular weight is 363 g/mol. The Kier molecular flexibility index (Phi) is 7.25. The summed E-state index contributed by atoms with van der Waals surface area (Å²) in [5.41, 5.74) is 0.00210. The first-order chi connectivity index (χ1) is 11.4. The van der Waals surface area contributed by atoms with Crippen molar-refractivity contribution in [2.24, 2.45) is 5.41 Å². The van der Waals surface area contributed by atoms with Crippen molar-refractivity contribution in [2.75, 3.05) is 13.7 Å². The van der Waals surface area contributed by atoms with Gasteiger partial charge in [0, 0.05) is 13.7 Å². The monoisotopic (exact) mass is 363 g/mol. The second-order valence-electron chi connectivity index (χ2n) is 6.73. The Morgan fingerprint density at radius 3 is 2.44 bits per heavy atom. The highest BCUT2D eigenvalue weighted by atomic mass is 19.4. The molecule has 1 rings (SSSR count). The van der Waals surface area contributed by atoms with Gasteiger partial charge in [-0.1, -0.05) is 32.9 Å². The molecule has 0 bridgehead atoms. The minimum absolute atomic E-state index is 0.0572. The standard InChI is InChI=1S/C17H24F3NO4/c1-16(2,3)14(22)9-15(23)21-10-13(24-4)11-6-5-7-12(8-11)25-17(18,19)20/h5-8,13-14,22H,9-10H2,1-4H3,(H,21,23)/t13-,14-/m0/s1. The lowest BCUT2D eigenvalue weighted by Crippen LogP contribution is -2.36. The van der Waals surface area contributed by atoms with Crippen LogP contribution in [-0.2, 0) is 9.53 Å². The quantitative estimate of drug-likeness (QED) is 0.781. The van der Waals surface area contributed by atoms with E-state index in [1.54, 1.807) is 6.07 Å². The van der Waals surface area contributed by atoms with Crippen molar-refractivity contribution in [2.45, 2.75) is 45.8 Å². The summed E-state index contributed by atoms with van der Waals surface area (Å²) >= 11 is 0. The molecule has 0 aromatic heterocycles. The van der Waals surface area contributed by atoms with Gasteiger partial charge in [0.05, 0.1) is 18.6 Å². The first kappa shape index (κ1) is 21.2. The van der Waals surface area contributed by atoms with Gasteiger partial charge in [0.25, 0.3) is 0 Å². The number of carbonyl (C=O) groups is 1. The molecular weight excluding hydrogens is 339 g/mol. The zero-order chi connectivity index (χ0) is 19.3. The number of ether oxygens (including phenoxy) is 2. The van der Waals surface area contributed by atoms with Gasteiger partial charge in [-0.25, -0.2) is 0 Å². The molecule has 0 aliphatic carbocycles. The molecule has 2 atom stereocenters. The molecule has 0 spiro atoms. The van der Waals surface area contributed by atoms with Gasteiger partial charge in [0.1, 0.15) is 5.75 Å². The van der Waals surface area contributed by atoms with E-state index in [9.17, 15) is 23.1 Å². The minimum atomic E-state index is -4.78. The first-order valence-corrected chi connectivity index (χ1v) is 7.75. The van der Waals surface area contributed by atoms with Crippen molar-refractivity contribution in [3.63, 3.8) is 0 Å². The van der Waals surface area contributed by atoms with E-state index in [2.05, 4.69) is 10.1 Å². The zero-order valence-corrected chi connectivity index (χ0v) is 14.7. The molecular formula is C17H24F3NO4. The van der Waals surface area contributed by atoms with Crippen LogP contribution in [-0.4, -0.2) is 37.1 Å². The van der Waals surface area contributed by atoms with Crippen LogP contribution >= 0.6 is 0 Å². The Balaban J connectivity index is 2.68. The molecule has 0 aliphatic rings. The lowest BCUT2D eigenvalue weighted by atomic mass is 9.87. The van der Waals surface area contributed by atoms with Crippen LogP contribution in [0.25, 0.3) is 0 Å². The Morgan fingerprint density at radius 1 is 1.28 bits per heavy atom. The van der Waals surface area contributed by atoms with Gasteiger partial charge < -0.3 is 19.9 Å². The fourth-order valence-corrected chi connectivity index (χ4v) is 2.01. The Labute approximate surface area is 145 Å². The normalized spacial score (nSPS) is 14.7. The molecule has 1 aromatic carbocycles. The summed E-state index contributed by atoms with van der Waals surface area (Å²) in [5, 5.41) is 12.5.